The Kier molecular flexibility index (Phi) is 4.93. The Hall–Kier alpha value is -1.59. The molecule has 0 aromatic heterocycles. The minimum absolute atomic E-state index is 0.408. The fourth-order valence-corrected chi connectivity index (χ4v) is 1.52. The highest BCUT2D eigenvalue weighted by molar-refractivity contribution is 5.76. The van der Waals surface area contributed by atoms with Crippen molar-refractivity contribution in [2.75, 3.05) is 13.7 Å². The van der Waals surface area contributed by atoms with Gasteiger partial charge in [-0.25, -0.2) is 0 Å². The van der Waals surface area contributed by atoms with Gasteiger partial charge in [-0.05, 0) is 24.6 Å². The van der Waals surface area contributed by atoms with Crippen LogP contribution < -0.4 is 10.5 Å². The highest BCUT2D eigenvalue weighted by Crippen LogP contribution is 2.26. The molecule has 1 atom stereocenters. The number of hydrogen-bond donors (Lipinski definition) is 2. The molecule has 94 valence electrons. The second-order valence-corrected chi connectivity index (χ2v) is 3.55. The highest BCUT2D eigenvalue weighted by atomic mass is 16.5. The number of ether oxygens (including phenoxy) is 2. The lowest BCUT2D eigenvalue weighted by atomic mass is 10.0. The lowest BCUT2D eigenvalue weighted by molar-refractivity contribution is -0.138. The third kappa shape index (κ3) is 3.44. The van der Waals surface area contributed by atoms with Crippen molar-refractivity contribution in [2.24, 2.45) is 5.73 Å². The number of methoxy groups -OCH3 is 1. The lowest BCUT2D eigenvalue weighted by Crippen LogP contribution is -2.21. The van der Waals surface area contributed by atoms with Crippen LogP contribution in [-0.2, 0) is 16.1 Å². The summed E-state index contributed by atoms with van der Waals surface area (Å²) in [6.07, 6.45) is 0. The van der Waals surface area contributed by atoms with Crippen LogP contribution in [0.5, 0.6) is 5.75 Å². The van der Waals surface area contributed by atoms with E-state index in [2.05, 4.69) is 0 Å². The van der Waals surface area contributed by atoms with Crippen LogP contribution in [0.1, 0.15) is 24.1 Å². The number of carboxylic acids is 1. The van der Waals surface area contributed by atoms with E-state index in [1.807, 2.05) is 13.0 Å². The molecule has 5 nitrogen and oxygen atoms in total. The molecule has 1 aromatic carbocycles. The van der Waals surface area contributed by atoms with Crippen LogP contribution in [0.25, 0.3) is 0 Å². The van der Waals surface area contributed by atoms with E-state index in [9.17, 15) is 4.79 Å². The maximum Gasteiger partial charge on any atom is 0.325 e. The summed E-state index contributed by atoms with van der Waals surface area (Å²) >= 11 is 0. The van der Waals surface area contributed by atoms with Crippen LogP contribution in [0.3, 0.4) is 0 Å². The summed E-state index contributed by atoms with van der Waals surface area (Å²) in [7, 11) is 1.58. The van der Waals surface area contributed by atoms with Gasteiger partial charge < -0.3 is 20.3 Å². The van der Waals surface area contributed by atoms with Crippen molar-refractivity contribution in [2.45, 2.75) is 19.6 Å². The van der Waals surface area contributed by atoms with Gasteiger partial charge in [0.05, 0.1) is 13.2 Å². The van der Waals surface area contributed by atoms with E-state index in [1.165, 1.54) is 0 Å². The summed E-state index contributed by atoms with van der Waals surface area (Å²) in [6.45, 7) is 2.70. The summed E-state index contributed by atoms with van der Waals surface area (Å²) in [6, 6.07) is 4.16. The first-order chi connectivity index (χ1) is 8.10. The van der Waals surface area contributed by atoms with Crippen LogP contribution in [0.15, 0.2) is 18.2 Å². The van der Waals surface area contributed by atoms with Gasteiger partial charge in [-0.3, -0.25) is 4.79 Å². The SMILES string of the molecule is CCOc1ccc(COC)cc1[C@H](N)C(=O)O. The summed E-state index contributed by atoms with van der Waals surface area (Å²) in [5, 5.41) is 8.94. The smallest absolute Gasteiger partial charge is 0.325 e. The first-order valence-electron chi connectivity index (χ1n) is 5.33. The van der Waals surface area contributed by atoms with E-state index in [0.29, 0.717) is 24.5 Å². The van der Waals surface area contributed by atoms with Gasteiger partial charge in [0.2, 0.25) is 0 Å². The van der Waals surface area contributed by atoms with E-state index in [0.717, 1.165) is 5.56 Å². The number of carbonyl (C=O) groups is 1. The van der Waals surface area contributed by atoms with Crippen molar-refractivity contribution in [1.29, 1.82) is 0 Å². The number of aliphatic carboxylic acids is 1. The summed E-state index contributed by atoms with van der Waals surface area (Å²) < 4.78 is 10.4. The van der Waals surface area contributed by atoms with Crippen molar-refractivity contribution < 1.29 is 19.4 Å². The maximum atomic E-state index is 10.9. The average Bonchev–Trinajstić information content (AvgIpc) is 2.30. The van der Waals surface area contributed by atoms with Crippen LogP contribution >= 0.6 is 0 Å². The number of hydrogen-bond acceptors (Lipinski definition) is 4. The molecule has 0 saturated heterocycles. The minimum Gasteiger partial charge on any atom is -0.494 e. The standard InChI is InChI=1S/C12H17NO4/c1-3-17-10-5-4-8(7-16-2)6-9(10)11(13)12(14)15/h4-6,11H,3,7,13H2,1-2H3,(H,14,15)/t11-/m0/s1. The molecule has 0 radical (unpaired) electrons. The third-order valence-corrected chi connectivity index (χ3v) is 2.29. The Morgan fingerprint density at radius 2 is 2.24 bits per heavy atom. The Bertz CT molecular complexity index is 392. The van der Waals surface area contributed by atoms with Gasteiger partial charge in [0, 0.05) is 12.7 Å². The monoisotopic (exact) mass is 239 g/mol. The molecule has 17 heavy (non-hydrogen) atoms. The third-order valence-electron chi connectivity index (χ3n) is 2.29. The van der Waals surface area contributed by atoms with E-state index < -0.39 is 12.0 Å². The van der Waals surface area contributed by atoms with Crippen molar-refractivity contribution in [3.63, 3.8) is 0 Å². The van der Waals surface area contributed by atoms with Crippen LogP contribution in [-0.4, -0.2) is 24.8 Å². The van der Waals surface area contributed by atoms with Crippen LogP contribution in [0.4, 0.5) is 0 Å². The number of nitrogens with two attached hydrogens (primary N) is 1. The summed E-state index contributed by atoms with van der Waals surface area (Å²) in [5.41, 5.74) is 6.94. The molecule has 0 heterocycles. The highest BCUT2D eigenvalue weighted by Gasteiger charge is 2.19. The topological polar surface area (TPSA) is 81.8 Å². The molecule has 0 aliphatic heterocycles. The normalized spacial score (nSPS) is 12.2. The Balaban J connectivity index is 3.10. The quantitative estimate of drug-likeness (QED) is 0.782. The van der Waals surface area contributed by atoms with Gasteiger partial charge in [0.1, 0.15) is 11.8 Å². The second-order valence-electron chi connectivity index (χ2n) is 3.55. The van der Waals surface area contributed by atoms with Gasteiger partial charge in [0.25, 0.3) is 0 Å². The predicted octanol–water partition coefficient (Wildman–Crippen LogP) is 1.32. The molecule has 0 amide bonds. The van der Waals surface area contributed by atoms with Crippen LogP contribution in [0, 0.1) is 0 Å². The van der Waals surface area contributed by atoms with Crippen molar-refractivity contribution in [1.82, 2.24) is 0 Å². The minimum atomic E-state index is -1.09. The first kappa shape index (κ1) is 13.5. The zero-order valence-corrected chi connectivity index (χ0v) is 9.97. The Morgan fingerprint density at radius 3 is 2.76 bits per heavy atom. The van der Waals surface area contributed by atoms with Gasteiger partial charge in [-0.15, -0.1) is 0 Å². The molecular weight excluding hydrogens is 222 g/mol. The van der Waals surface area contributed by atoms with Crippen molar-refractivity contribution >= 4 is 5.97 Å². The molecule has 0 bridgehead atoms. The predicted molar refractivity (Wildman–Crippen MR) is 62.9 cm³/mol. The molecule has 0 spiro atoms. The zero-order chi connectivity index (χ0) is 12.8. The molecule has 1 rings (SSSR count). The van der Waals surface area contributed by atoms with Gasteiger partial charge >= 0.3 is 5.97 Å². The zero-order valence-electron chi connectivity index (χ0n) is 9.97. The lowest BCUT2D eigenvalue weighted by Gasteiger charge is -2.14. The van der Waals surface area contributed by atoms with Gasteiger partial charge in [0.15, 0.2) is 0 Å². The Morgan fingerprint density at radius 1 is 1.53 bits per heavy atom. The molecule has 0 saturated carbocycles. The van der Waals surface area contributed by atoms with E-state index >= 15 is 0 Å². The molecule has 0 unspecified atom stereocenters. The number of benzene rings is 1. The molecule has 0 aliphatic carbocycles. The largest absolute Gasteiger partial charge is 0.494 e. The van der Waals surface area contributed by atoms with Crippen molar-refractivity contribution in [3.8, 4) is 5.75 Å². The van der Waals surface area contributed by atoms with Gasteiger partial charge in [-0.1, -0.05) is 6.07 Å². The second kappa shape index (κ2) is 6.22. The molecule has 0 aliphatic rings. The first-order valence-corrected chi connectivity index (χ1v) is 5.33. The van der Waals surface area contributed by atoms with E-state index in [4.69, 9.17) is 20.3 Å². The average molecular weight is 239 g/mol. The molecule has 5 heteroatoms. The van der Waals surface area contributed by atoms with Gasteiger partial charge in [-0.2, -0.15) is 0 Å². The molecule has 1 aromatic rings. The Labute approximate surface area is 100 Å². The fourth-order valence-electron chi connectivity index (χ4n) is 1.52. The number of carboxylic acid groups (broad SMARTS) is 1. The fraction of sp³-hybridized carbons (Fsp3) is 0.417. The molecule has 0 fully saturated rings. The molecular formula is C12H17NO4. The van der Waals surface area contributed by atoms with Crippen LogP contribution in [0.2, 0.25) is 0 Å². The summed E-state index contributed by atoms with van der Waals surface area (Å²) in [5.74, 6) is -0.581. The van der Waals surface area contributed by atoms with Crippen molar-refractivity contribution in [3.05, 3.63) is 29.3 Å². The molecule has 3 N–H and O–H groups in total. The van der Waals surface area contributed by atoms with E-state index in [1.54, 1.807) is 19.2 Å². The van der Waals surface area contributed by atoms with E-state index in [-0.39, 0.29) is 0 Å². The summed E-state index contributed by atoms with van der Waals surface area (Å²) in [4.78, 5) is 10.9. The number of rotatable bonds is 6. The maximum absolute atomic E-state index is 10.9.